The second-order valence-electron chi connectivity index (χ2n) is 7.24. The van der Waals surface area contributed by atoms with Crippen LogP contribution in [0.3, 0.4) is 0 Å². The van der Waals surface area contributed by atoms with Crippen LogP contribution in [0.15, 0.2) is 18.5 Å². The van der Waals surface area contributed by atoms with Crippen molar-refractivity contribution in [3.63, 3.8) is 0 Å². The molecular formula is C18H25N5O. The molecule has 2 fully saturated rings. The number of hydrogen-bond acceptors (Lipinski definition) is 3. The lowest BCUT2D eigenvalue weighted by molar-refractivity contribution is 0.0650. The van der Waals surface area contributed by atoms with Crippen LogP contribution in [-0.2, 0) is 13.6 Å². The smallest absolute Gasteiger partial charge is 0.272 e. The van der Waals surface area contributed by atoms with E-state index in [0.29, 0.717) is 17.5 Å². The van der Waals surface area contributed by atoms with Crippen molar-refractivity contribution in [1.29, 1.82) is 0 Å². The first kappa shape index (κ1) is 15.4. The highest BCUT2D eigenvalue weighted by Crippen LogP contribution is 2.40. The van der Waals surface area contributed by atoms with Gasteiger partial charge in [-0.05, 0) is 44.6 Å². The zero-order chi connectivity index (χ0) is 16.7. The van der Waals surface area contributed by atoms with Crippen molar-refractivity contribution in [2.45, 2.75) is 45.1 Å². The number of aromatic nitrogens is 4. The van der Waals surface area contributed by atoms with Gasteiger partial charge in [0.1, 0.15) is 11.5 Å². The van der Waals surface area contributed by atoms with Gasteiger partial charge >= 0.3 is 0 Å². The standard InChI is InChI=1S/C18H25N5O/c1-13-10-19-17(15-5-6-15)23(13)12-14-4-3-9-22(11-14)18(24)16-7-8-20-21(16)2/h7-8,10,14-15H,3-6,9,11-12H2,1-2H3/t14-/m0/s1. The van der Waals surface area contributed by atoms with Crippen molar-refractivity contribution in [3.8, 4) is 0 Å². The predicted octanol–water partition coefficient (Wildman–Crippen LogP) is 2.35. The highest BCUT2D eigenvalue weighted by atomic mass is 16.2. The summed E-state index contributed by atoms with van der Waals surface area (Å²) in [5.74, 6) is 2.52. The third-order valence-corrected chi connectivity index (χ3v) is 5.32. The molecule has 0 unspecified atom stereocenters. The summed E-state index contributed by atoms with van der Waals surface area (Å²) < 4.78 is 4.05. The van der Waals surface area contributed by atoms with E-state index in [4.69, 9.17) is 0 Å². The number of likely N-dealkylation sites (tertiary alicyclic amines) is 1. The summed E-state index contributed by atoms with van der Waals surface area (Å²) in [4.78, 5) is 19.3. The van der Waals surface area contributed by atoms with E-state index in [1.165, 1.54) is 30.8 Å². The van der Waals surface area contributed by atoms with Crippen molar-refractivity contribution >= 4 is 5.91 Å². The zero-order valence-electron chi connectivity index (χ0n) is 14.5. The molecule has 4 rings (SSSR count). The van der Waals surface area contributed by atoms with E-state index in [2.05, 4.69) is 21.6 Å². The Kier molecular flexibility index (Phi) is 3.90. The maximum absolute atomic E-state index is 12.7. The molecule has 0 aromatic carbocycles. The largest absolute Gasteiger partial charge is 0.337 e. The Labute approximate surface area is 142 Å². The Morgan fingerprint density at radius 2 is 2.17 bits per heavy atom. The molecule has 24 heavy (non-hydrogen) atoms. The van der Waals surface area contributed by atoms with Gasteiger partial charge in [0.25, 0.3) is 5.91 Å². The highest BCUT2D eigenvalue weighted by Gasteiger charge is 2.31. The van der Waals surface area contributed by atoms with Crippen LogP contribution in [0.4, 0.5) is 0 Å². The molecule has 2 aliphatic rings. The molecule has 0 bridgehead atoms. The molecule has 1 saturated heterocycles. The molecule has 1 saturated carbocycles. The van der Waals surface area contributed by atoms with Crippen molar-refractivity contribution < 1.29 is 4.79 Å². The Hall–Kier alpha value is -2.11. The first-order valence-electron chi connectivity index (χ1n) is 8.93. The number of hydrogen-bond donors (Lipinski definition) is 0. The van der Waals surface area contributed by atoms with E-state index in [0.717, 1.165) is 26.1 Å². The Bertz CT molecular complexity index is 742. The maximum Gasteiger partial charge on any atom is 0.272 e. The van der Waals surface area contributed by atoms with Crippen LogP contribution in [0.1, 0.15) is 53.6 Å². The normalized spacial score (nSPS) is 21.2. The third-order valence-electron chi connectivity index (χ3n) is 5.32. The third kappa shape index (κ3) is 2.85. The summed E-state index contributed by atoms with van der Waals surface area (Å²) in [5, 5.41) is 4.12. The van der Waals surface area contributed by atoms with E-state index in [9.17, 15) is 4.79 Å². The molecule has 1 amide bonds. The summed E-state index contributed by atoms with van der Waals surface area (Å²) in [6, 6.07) is 1.80. The van der Waals surface area contributed by atoms with Gasteiger partial charge in [0.05, 0.1) is 0 Å². The minimum absolute atomic E-state index is 0.101. The molecular weight excluding hydrogens is 302 g/mol. The fourth-order valence-corrected chi connectivity index (χ4v) is 3.79. The first-order valence-corrected chi connectivity index (χ1v) is 8.93. The summed E-state index contributed by atoms with van der Waals surface area (Å²) in [5.41, 5.74) is 1.92. The van der Waals surface area contributed by atoms with Gasteiger partial charge in [0.15, 0.2) is 0 Å². The monoisotopic (exact) mass is 327 g/mol. The predicted molar refractivity (Wildman–Crippen MR) is 90.8 cm³/mol. The second kappa shape index (κ2) is 6.07. The quantitative estimate of drug-likeness (QED) is 0.866. The molecule has 1 aliphatic carbocycles. The van der Waals surface area contributed by atoms with Crippen LogP contribution in [-0.4, -0.2) is 43.2 Å². The Balaban J connectivity index is 1.47. The summed E-state index contributed by atoms with van der Waals surface area (Å²) in [6.07, 6.45) is 8.47. The molecule has 0 spiro atoms. The number of carbonyl (C=O) groups is 1. The minimum atomic E-state index is 0.101. The van der Waals surface area contributed by atoms with Gasteiger partial charge in [-0.25, -0.2) is 4.98 Å². The van der Waals surface area contributed by atoms with Crippen LogP contribution in [0.25, 0.3) is 0 Å². The highest BCUT2D eigenvalue weighted by molar-refractivity contribution is 5.92. The van der Waals surface area contributed by atoms with Gasteiger partial charge in [-0.2, -0.15) is 5.10 Å². The van der Waals surface area contributed by atoms with Crippen molar-refractivity contribution in [3.05, 3.63) is 35.7 Å². The molecule has 6 heteroatoms. The Morgan fingerprint density at radius 1 is 1.33 bits per heavy atom. The van der Waals surface area contributed by atoms with Gasteiger partial charge in [-0.15, -0.1) is 0 Å². The molecule has 2 aromatic heterocycles. The molecule has 6 nitrogen and oxygen atoms in total. The summed E-state index contributed by atoms with van der Waals surface area (Å²) in [6.45, 7) is 4.79. The average Bonchev–Trinajstić information content (AvgIpc) is 3.24. The van der Waals surface area contributed by atoms with E-state index in [1.807, 2.05) is 18.1 Å². The molecule has 3 heterocycles. The van der Waals surface area contributed by atoms with E-state index >= 15 is 0 Å². The molecule has 0 N–H and O–H groups in total. The van der Waals surface area contributed by atoms with Gasteiger partial charge in [0, 0.05) is 50.7 Å². The Morgan fingerprint density at radius 3 is 2.88 bits per heavy atom. The molecule has 1 atom stereocenters. The average molecular weight is 327 g/mol. The maximum atomic E-state index is 12.7. The summed E-state index contributed by atoms with van der Waals surface area (Å²) in [7, 11) is 1.82. The fraction of sp³-hybridized carbons (Fsp3) is 0.611. The molecule has 128 valence electrons. The summed E-state index contributed by atoms with van der Waals surface area (Å²) >= 11 is 0. The molecule has 2 aromatic rings. The van der Waals surface area contributed by atoms with Gasteiger partial charge < -0.3 is 9.47 Å². The minimum Gasteiger partial charge on any atom is -0.337 e. The van der Waals surface area contributed by atoms with Crippen molar-refractivity contribution in [2.75, 3.05) is 13.1 Å². The first-order chi connectivity index (χ1) is 11.6. The molecule has 0 radical (unpaired) electrons. The second-order valence-corrected chi connectivity index (χ2v) is 7.24. The SMILES string of the molecule is Cc1cnc(C2CC2)n1C[C@H]1CCCN(C(=O)c2ccnn2C)C1. The topological polar surface area (TPSA) is 56.0 Å². The zero-order valence-corrected chi connectivity index (χ0v) is 14.5. The number of carbonyl (C=O) groups excluding carboxylic acids is 1. The number of piperidine rings is 1. The van der Waals surface area contributed by atoms with Crippen molar-refractivity contribution in [2.24, 2.45) is 13.0 Å². The lowest BCUT2D eigenvalue weighted by Crippen LogP contribution is -2.41. The van der Waals surface area contributed by atoms with Crippen LogP contribution in [0.2, 0.25) is 0 Å². The number of amides is 1. The van der Waals surface area contributed by atoms with Crippen LogP contribution in [0, 0.1) is 12.8 Å². The number of imidazole rings is 1. The number of aryl methyl sites for hydroxylation is 2. The van der Waals surface area contributed by atoms with Crippen molar-refractivity contribution in [1.82, 2.24) is 24.2 Å². The lowest BCUT2D eigenvalue weighted by Gasteiger charge is -2.33. The van der Waals surface area contributed by atoms with Gasteiger partial charge in [-0.1, -0.05) is 0 Å². The van der Waals surface area contributed by atoms with E-state index < -0.39 is 0 Å². The number of nitrogens with zero attached hydrogens (tertiary/aromatic N) is 5. The lowest BCUT2D eigenvalue weighted by atomic mass is 9.97. The van der Waals surface area contributed by atoms with Gasteiger partial charge in [-0.3, -0.25) is 9.48 Å². The number of rotatable bonds is 4. The van der Waals surface area contributed by atoms with Crippen LogP contribution < -0.4 is 0 Å². The van der Waals surface area contributed by atoms with Crippen LogP contribution >= 0.6 is 0 Å². The van der Waals surface area contributed by atoms with E-state index in [1.54, 1.807) is 16.9 Å². The molecule has 1 aliphatic heterocycles. The van der Waals surface area contributed by atoms with Gasteiger partial charge in [0.2, 0.25) is 0 Å². The fourth-order valence-electron chi connectivity index (χ4n) is 3.79. The van der Waals surface area contributed by atoms with Crippen LogP contribution in [0.5, 0.6) is 0 Å². The van der Waals surface area contributed by atoms with E-state index in [-0.39, 0.29) is 5.91 Å².